The van der Waals surface area contributed by atoms with Gasteiger partial charge in [0.1, 0.15) is 19.2 Å². The largest absolute Gasteiger partial charge is 0.377 e. The van der Waals surface area contributed by atoms with Crippen molar-refractivity contribution in [3.05, 3.63) is 0 Å². The fourth-order valence-electron chi connectivity index (χ4n) is 6.51. The van der Waals surface area contributed by atoms with Crippen molar-refractivity contribution >= 4 is 23.6 Å². The van der Waals surface area contributed by atoms with Crippen molar-refractivity contribution in [3.63, 3.8) is 0 Å². The van der Waals surface area contributed by atoms with Gasteiger partial charge in [-0.25, -0.2) is 0 Å². The molecule has 0 aromatic rings. The van der Waals surface area contributed by atoms with E-state index < -0.39 is 6.04 Å². The monoisotopic (exact) mass is 592 g/mol. The van der Waals surface area contributed by atoms with Crippen LogP contribution in [0.15, 0.2) is 0 Å². The molecule has 0 unspecified atom stereocenters. The van der Waals surface area contributed by atoms with Crippen LogP contribution in [0.5, 0.6) is 0 Å². The van der Waals surface area contributed by atoms with E-state index in [1.165, 1.54) is 0 Å². The summed E-state index contributed by atoms with van der Waals surface area (Å²) < 4.78 is 11.2. The number of nitrogens with one attached hydrogen (secondary N) is 2. The van der Waals surface area contributed by atoms with E-state index in [2.05, 4.69) is 43.4 Å². The molecule has 4 aliphatic rings. The lowest BCUT2D eigenvalue weighted by Gasteiger charge is -2.40. The van der Waals surface area contributed by atoms with E-state index >= 15 is 0 Å². The minimum absolute atomic E-state index is 0.0938. The Labute approximate surface area is 250 Å². The number of ether oxygens (including phenoxy) is 2. The van der Waals surface area contributed by atoms with Crippen LogP contribution in [0.3, 0.4) is 0 Å². The van der Waals surface area contributed by atoms with E-state index in [9.17, 15) is 19.2 Å². The summed E-state index contributed by atoms with van der Waals surface area (Å²) in [4.78, 5) is 61.0. The molecule has 4 fully saturated rings. The summed E-state index contributed by atoms with van der Waals surface area (Å²) in [5, 5.41) is 6.67. The Bertz CT molecular complexity index is 941. The Kier molecular flexibility index (Phi) is 11.6. The maximum atomic E-state index is 13.9. The maximum absolute atomic E-state index is 13.9. The molecule has 12 heteroatoms. The topological polar surface area (TPSA) is 124 Å². The molecule has 2 atom stereocenters. The molecule has 0 aromatic carbocycles. The Morgan fingerprint density at radius 3 is 2.26 bits per heavy atom. The van der Waals surface area contributed by atoms with E-state index in [0.29, 0.717) is 71.1 Å². The molecular formula is C30H52N6O6. The molecule has 42 heavy (non-hydrogen) atoms. The second-order valence-electron chi connectivity index (χ2n) is 13.5. The number of carbonyl (C=O) groups excluding carboxylic acids is 4. The van der Waals surface area contributed by atoms with Crippen LogP contribution in [0.4, 0.5) is 0 Å². The zero-order chi connectivity index (χ0) is 30.3. The number of likely N-dealkylation sites (tertiary alicyclic amines) is 2. The van der Waals surface area contributed by atoms with Crippen molar-refractivity contribution in [2.24, 2.45) is 5.41 Å². The number of rotatable bonds is 4. The minimum atomic E-state index is -0.646. The molecule has 0 radical (unpaired) electrons. The third kappa shape index (κ3) is 9.11. The number of amides is 4. The second kappa shape index (κ2) is 14.9. The number of nitrogens with zero attached hydrogens (tertiary/aromatic N) is 4. The van der Waals surface area contributed by atoms with Crippen molar-refractivity contribution in [1.29, 1.82) is 0 Å². The van der Waals surface area contributed by atoms with E-state index in [1.54, 1.807) is 9.80 Å². The highest BCUT2D eigenvalue weighted by Crippen LogP contribution is 2.25. The van der Waals surface area contributed by atoms with Gasteiger partial charge in [-0.15, -0.1) is 0 Å². The van der Waals surface area contributed by atoms with Crippen molar-refractivity contribution in [2.75, 3.05) is 79.3 Å². The van der Waals surface area contributed by atoms with Crippen LogP contribution >= 0.6 is 0 Å². The SMILES string of the molecule is CN1CCC(N[C@@H]2CCN3C(=O)CN(C4CCN(C(=O)CC(C)(C)C)CC4)C(=O)COCCOCCNC(=O)[C@H]23)CC1. The zero-order valence-electron chi connectivity index (χ0n) is 26.1. The van der Waals surface area contributed by atoms with Gasteiger partial charge < -0.3 is 39.7 Å². The zero-order valence-corrected chi connectivity index (χ0v) is 26.1. The number of fused-ring (bicyclic) bond motifs is 1. The lowest BCUT2D eigenvalue weighted by molar-refractivity contribution is -0.149. The third-order valence-corrected chi connectivity index (χ3v) is 8.86. The van der Waals surface area contributed by atoms with Crippen LogP contribution in [0.2, 0.25) is 0 Å². The molecule has 4 heterocycles. The molecular weight excluding hydrogens is 540 g/mol. The molecule has 0 spiro atoms. The molecule has 0 saturated carbocycles. The van der Waals surface area contributed by atoms with Gasteiger partial charge in [-0.2, -0.15) is 0 Å². The first-order valence-electron chi connectivity index (χ1n) is 15.8. The van der Waals surface area contributed by atoms with E-state index in [1.807, 2.05) is 4.90 Å². The van der Waals surface area contributed by atoms with Gasteiger partial charge in [0.15, 0.2) is 0 Å². The van der Waals surface area contributed by atoms with Crippen molar-refractivity contribution in [2.45, 2.75) is 83.5 Å². The maximum Gasteiger partial charge on any atom is 0.249 e. The quantitative estimate of drug-likeness (QED) is 0.470. The van der Waals surface area contributed by atoms with Gasteiger partial charge in [0.25, 0.3) is 0 Å². The molecule has 4 amide bonds. The van der Waals surface area contributed by atoms with Crippen LogP contribution in [-0.2, 0) is 28.7 Å². The van der Waals surface area contributed by atoms with E-state index in [0.717, 1.165) is 25.9 Å². The Balaban J connectivity index is 1.46. The highest BCUT2D eigenvalue weighted by atomic mass is 16.5. The van der Waals surface area contributed by atoms with Crippen LogP contribution < -0.4 is 10.6 Å². The average Bonchev–Trinajstić information content (AvgIpc) is 3.36. The number of hydrogen-bond donors (Lipinski definition) is 2. The average molecular weight is 593 g/mol. The summed E-state index contributed by atoms with van der Waals surface area (Å²) in [6.45, 7) is 10.7. The number of carbonyl (C=O) groups is 4. The predicted molar refractivity (Wildman–Crippen MR) is 158 cm³/mol. The summed E-state index contributed by atoms with van der Waals surface area (Å²) in [5.41, 5.74) is -0.0938. The molecule has 0 aromatic heterocycles. The number of hydrogen-bond acceptors (Lipinski definition) is 8. The Morgan fingerprint density at radius 2 is 1.57 bits per heavy atom. The van der Waals surface area contributed by atoms with Crippen LogP contribution in [0.25, 0.3) is 0 Å². The van der Waals surface area contributed by atoms with Gasteiger partial charge in [-0.1, -0.05) is 20.8 Å². The predicted octanol–water partition coefficient (Wildman–Crippen LogP) is 0.0585. The fourth-order valence-corrected chi connectivity index (χ4v) is 6.51. The summed E-state index contributed by atoms with van der Waals surface area (Å²) in [6.07, 6.45) is 4.35. The summed E-state index contributed by atoms with van der Waals surface area (Å²) in [7, 11) is 2.12. The first-order valence-corrected chi connectivity index (χ1v) is 15.8. The highest BCUT2D eigenvalue weighted by Gasteiger charge is 2.44. The molecule has 0 bridgehead atoms. The summed E-state index contributed by atoms with van der Waals surface area (Å²) >= 11 is 0. The van der Waals surface area contributed by atoms with Crippen molar-refractivity contribution < 1.29 is 28.7 Å². The Morgan fingerprint density at radius 1 is 0.881 bits per heavy atom. The fraction of sp³-hybridized carbons (Fsp3) is 0.867. The van der Waals surface area contributed by atoms with E-state index in [-0.39, 0.29) is 60.9 Å². The minimum Gasteiger partial charge on any atom is -0.377 e. The van der Waals surface area contributed by atoms with Crippen molar-refractivity contribution in [3.8, 4) is 0 Å². The molecule has 2 N–H and O–H groups in total. The van der Waals surface area contributed by atoms with Gasteiger partial charge in [0.2, 0.25) is 23.6 Å². The summed E-state index contributed by atoms with van der Waals surface area (Å²) in [6, 6.07) is -0.676. The van der Waals surface area contributed by atoms with Gasteiger partial charge in [0.05, 0.1) is 19.8 Å². The van der Waals surface area contributed by atoms with Crippen LogP contribution in [0.1, 0.15) is 59.3 Å². The molecule has 238 valence electrons. The lowest BCUT2D eigenvalue weighted by atomic mass is 9.91. The van der Waals surface area contributed by atoms with Gasteiger partial charge >= 0.3 is 0 Å². The van der Waals surface area contributed by atoms with E-state index in [4.69, 9.17) is 9.47 Å². The highest BCUT2D eigenvalue weighted by molar-refractivity contribution is 5.91. The van der Waals surface area contributed by atoms with Gasteiger partial charge in [-0.3, -0.25) is 19.2 Å². The smallest absolute Gasteiger partial charge is 0.249 e. The number of piperidine rings is 2. The standard InChI is InChI=1S/C30H52N6O6/c1-30(2,3)19-25(37)34-13-7-23(8-14-34)36-20-26(38)35-15-9-24(32-22-5-11-33(4)12-6-22)28(35)29(40)31-10-16-41-17-18-42-21-27(36)39/h22-24,28,32H,5-21H2,1-4H3,(H,31,40)/t24-,28+/m1/s1. The Hall–Kier alpha value is -2.28. The lowest BCUT2D eigenvalue weighted by Crippen LogP contribution is -2.58. The second-order valence-corrected chi connectivity index (χ2v) is 13.5. The molecule has 12 nitrogen and oxygen atoms in total. The molecule has 4 aliphatic heterocycles. The molecule has 0 aliphatic carbocycles. The first kappa shape index (κ1) is 32.6. The van der Waals surface area contributed by atoms with Gasteiger partial charge in [0, 0.05) is 50.7 Å². The van der Waals surface area contributed by atoms with Gasteiger partial charge in [-0.05, 0) is 57.7 Å². The third-order valence-electron chi connectivity index (χ3n) is 8.86. The molecule has 4 saturated heterocycles. The van der Waals surface area contributed by atoms with Crippen LogP contribution in [0, 0.1) is 5.41 Å². The van der Waals surface area contributed by atoms with Crippen molar-refractivity contribution in [1.82, 2.24) is 30.2 Å². The summed E-state index contributed by atoms with van der Waals surface area (Å²) in [5.74, 6) is -0.546. The van der Waals surface area contributed by atoms with Crippen LogP contribution in [-0.4, -0.2) is 147 Å². The molecule has 4 rings (SSSR count). The normalized spacial score (nSPS) is 27.4. The first-order chi connectivity index (χ1) is 20.0.